The maximum Gasteiger partial charge on any atom is 0.338 e. The molecule has 3 aromatic rings. The molecule has 0 fully saturated rings. The first-order chi connectivity index (χ1) is 14.9. The topological polar surface area (TPSA) is 98.1 Å². The Labute approximate surface area is 190 Å². The van der Waals surface area contributed by atoms with Crippen LogP contribution >= 0.6 is 34.0 Å². The first-order valence-electron chi connectivity index (χ1n) is 9.52. The molecule has 4 rings (SSSR count). The number of fused-ring (bicyclic) bond motifs is 1. The van der Waals surface area contributed by atoms with Crippen LogP contribution in [0.5, 0.6) is 0 Å². The molecule has 0 unspecified atom stereocenters. The maximum atomic E-state index is 13.3. The molecule has 1 atom stereocenters. The van der Waals surface area contributed by atoms with E-state index < -0.39 is 11.9 Å². The van der Waals surface area contributed by atoms with Crippen molar-refractivity contribution in [1.82, 2.24) is 4.57 Å². The summed E-state index contributed by atoms with van der Waals surface area (Å²) in [6, 6.07) is 6.06. The SMILES string of the molecule is CCOC(=O)C1=c2sc(=Cc3sccc3C)c(=O)n2C(N)=C(C#N)[C@H]1c1sccc1C. The van der Waals surface area contributed by atoms with Gasteiger partial charge in [-0.05, 0) is 60.9 Å². The van der Waals surface area contributed by atoms with Crippen LogP contribution in [0, 0.1) is 25.2 Å². The minimum Gasteiger partial charge on any atom is -0.463 e. The summed E-state index contributed by atoms with van der Waals surface area (Å²) in [5.74, 6) is -1.15. The Bertz CT molecular complexity index is 1440. The van der Waals surface area contributed by atoms with Crippen LogP contribution in [0.25, 0.3) is 17.5 Å². The molecule has 0 spiro atoms. The number of nitrogens with zero attached hydrogens (tertiary/aromatic N) is 2. The predicted molar refractivity (Wildman–Crippen MR) is 125 cm³/mol. The molecule has 0 amide bonds. The molecule has 31 heavy (non-hydrogen) atoms. The summed E-state index contributed by atoms with van der Waals surface area (Å²) in [5, 5.41) is 13.8. The lowest BCUT2D eigenvalue weighted by atomic mass is 9.87. The molecule has 0 aliphatic carbocycles. The lowest BCUT2D eigenvalue weighted by Crippen LogP contribution is -2.40. The zero-order valence-corrected chi connectivity index (χ0v) is 19.5. The highest BCUT2D eigenvalue weighted by molar-refractivity contribution is 7.11. The van der Waals surface area contributed by atoms with E-state index in [4.69, 9.17) is 10.5 Å². The number of nitrogens with two attached hydrogens (primary N) is 1. The minimum absolute atomic E-state index is 0.0622. The monoisotopic (exact) mass is 469 g/mol. The fraction of sp³-hybridized carbons (Fsp3) is 0.227. The zero-order valence-electron chi connectivity index (χ0n) is 17.1. The van der Waals surface area contributed by atoms with Crippen molar-refractivity contribution in [3.63, 3.8) is 0 Å². The number of hydrogen-bond donors (Lipinski definition) is 1. The number of thiazole rings is 1. The summed E-state index contributed by atoms with van der Waals surface area (Å²) in [6.45, 7) is 5.81. The van der Waals surface area contributed by atoms with E-state index >= 15 is 0 Å². The third-order valence-electron chi connectivity index (χ3n) is 5.09. The molecule has 0 aromatic carbocycles. The van der Waals surface area contributed by atoms with Crippen LogP contribution < -0.4 is 20.5 Å². The summed E-state index contributed by atoms with van der Waals surface area (Å²) in [6.07, 6.45) is 1.81. The largest absolute Gasteiger partial charge is 0.463 e. The van der Waals surface area contributed by atoms with E-state index in [1.807, 2.05) is 42.8 Å². The van der Waals surface area contributed by atoms with E-state index in [9.17, 15) is 14.9 Å². The van der Waals surface area contributed by atoms with Gasteiger partial charge in [-0.1, -0.05) is 0 Å². The summed E-state index contributed by atoms with van der Waals surface area (Å²) >= 11 is 4.18. The third-order valence-corrected chi connectivity index (χ3v) is 8.25. The Morgan fingerprint density at radius 1 is 1.29 bits per heavy atom. The number of rotatable bonds is 4. The van der Waals surface area contributed by atoms with Gasteiger partial charge < -0.3 is 10.5 Å². The number of thiophene rings is 2. The molecule has 2 N–H and O–H groups in total. The highest BCUT2D eigenvalue weighted by Crippen LogP contribution is 2.40. The molecule has 3 aromatic heterocycles. The molecule has 9 heteroatoms. The normalized spacial score (nSPS) is 16.4. The van der Waals surface area contributed by atoms with Gasteiger partial charge in [-0.25, -0.2) is 4.79 Å². The Morgan fingerprint density at radius 3 is 2.58 bits per heavy atom. The van der Waals surface area contributed by atoms with Gasteiger partial charge >= 0.3 is 5.97 Å². The van der Waals surface area contributed by atoms with Gasteiger partial charge in [0, 0.05) is 9.75 Å². The summed E-state index contributed by atoms with van der Waals surface area (Å²) < 4.78 is 7.49. The fourth-order valence-electron chi connectivity index (χ4n) is 3.55. The number of carbonyl (C=O) groups excluding carboxylic acids is 1. The zero-order chi connectivity index (χ0) is 22.3. The second-order valence-electron chi connectivity index (χ2n) is 6.97. The number of aryl methyl sites for hydroxylation is 2. The quantitative estimate of drug-likeness (QED) is 0.593. The molecule has 4 heterocycles. The smallest absolute Gasteiger partial charge is 0.338 e. The Kier molecular flexibility index (Phi) is 5.71. The standard InChI is InChI=1S/C22H19N3O3S3/c1-4-28-22(27)17-16(18-12(3)6-8-30-18)13(10-23)19(24)25-20(26)15(31-21(17)25)9-14-11(2)5-7-29-14/h5-9,16H,4,24H2,1-3H3/t16-/m1/s1. The Morgan fingerprint density at radius 2 is 2.00 bits per heavy atom. The molecular weight excluding hydrogens is 450 g/mol. The van der Waals surface area contributed by atoms with Crippen molar-refractivity contribution in [1.29, 1.82) is 5.26 Å². The molecule has 1 aliphatic heterocycles. The van der Waals surface area contributed by atoms with E-state index in [1.54, 1.807) is 6.92 Å². The van der Waals surface area contributed by atoms with E-state index in [0.717, 1.165) is 20.9 Å². The number of aromatic nitrogens is 1. The van der Waals surface area contributed by atoms with Gasteiger partial charge in [0.25, 0.3) is 5.56 Å². The van der Waals surface area contributed by atoms with E-state index in [0.29, 0.717) is 9.20 Å². The third kappa shape index (κ3) is 3.47. The highest BCUT2D eigenvalue weighted by atomic mass is 32.1. The first kappa shape index (κ1) is 21.3. The Balaban J connectivity index is 2.13. The molecule has 0 saturated heterocycles. The lowest BCUT2D eigenvalue weighted by molar-refractivity contribution is -0.136. The van der Waals surface area contributed by atoms with Crippen LogP contribution in [0.4, 0.5) is 0 Å². The molecule has 0 saturated carbocycles. The predicted octanol–water partition coefficient (Wildman–Crippen LogP) is 2.64. The van der Waals surface area contributed by atoms with Crippen LogP contribution in [0.3, 0.4) is 0 Å². The summed E-state index contributed by atoms with van der Waals surface area (Å²) in [7, 11) is 0. The molecule has 0 bridgehead atoms. The van der Waals surface area contributed by atoms with E-state index in [1.165, 1.54) is 38.6 Å². The highest BCUT2D eigenvalue weighted by Gasteiger charge is 2.37. The number of nitriles is 1. The number of ether oxygens (including phenoxy) is 1. The number of carbonyl (C=O) groups is 1. The molecule has 158 valence electrons. The van der Waals surface area contributed by atoms with Gasteiger partial charge in [0.05, 0.1) is 34.3 Å². The van der Waals surface area contributed by atoms with Crippen LogP contribution in [0.1, 0.15) is 33.7 Å². The Hall–Kier alpha value is -2.93. The molecule has 6 nitrogen and oxygen atoms in total. The maximum absolute atomic E-state index is 13.3. The van der Waals surface area contributed by atoms with Crippen molar-refractivity contribution in [3.05, 3.63) is 68.9 Å². The van der Waals surface area contributed by atoms with Crippen molar-refractivity contribution in [2.24, 2.45) is 5.73 Å². The lowest BCUT2D eigenvalue weighted by Gasteiger charge is -2.24. The minimum atomic E-state index is -0.668. The van der Waals surface area contributed by atoms with Crippen LogP contribution in [0.15, 0.2) is 33.3 Å². The second-order valence-corrected chi connectivity index (χ2v) is 9.90. The van der Waals surface area contributed by atoms with Crippen LogP contribution in [-0.4, -0.2) is 17.1 Å². The van der Waals surface area contributed by atoms with E-state index in [2.05, 4.69) is 6.07 Å². The van der Waals surface area contributed by atoms with Crippen molar-refractivity contribution in [2.45, 2.75) is 26.7 Å². The fourth-order valence-corrected chi connectivity index (χ4v) is 6.67. The molecule has 1 aliphatic rings. The summed E-state index contributed by atoms with van der Waals surface area (Å²) in [5.41, 5.74) is 8.48. The number of allylic oxidation sites excluding steroid dienone is 1. The van der Waals surface area contributed by atoms with Gasteiger partial charge in [-0.3, -0.25) is 9.36 Å². The number of hydrogen-bond acceptors (Lipinski definition) is 8. The second kappa shape index (κ2) is 8.30. The van der Waals surface area contributed by atoms with Crippen LogP contribution in [0.2, 0.25) is 0 Å². The van der Waals surface area contributed by atoms with Gasteiger partial charge in [-0.15, -0.1) is 34.0 Å². The van der Waals surface area contributed by atoms with Gasteiger partial charge in [0.1, 0.15) is 10.5 Å². The van der Waals surface area contributed by atoms with E-state index in [-0.39, 0.29) is 29.1 Å². The summed E-state index contributed by atoms with van der Waals surface area (Å²) in [4.78, 5) is 28.2. The van der Waals surface area contributed by atoms with Gasteiger partial charge in [0.15, 0.2) is 0 Å². The average Bonchev–Trinajstić information content (AvgIpc) is 3.42. The van der Waals surface area contributed by atoms with Crippen LogP contribution in [-0.2, 0) is 9.53 Å². The molecular formula is C22H19N3O3S3. The van der Waals surface area contributed by atoms with Gasteiger partial charge in [-0.2, -0.15) is 5.26 Å². The van der Waals surface area contributed by atoms with Crippen molar-refractivity contribution >= 4 is 57.4 Å². The number of esters is 1. The van der Waals surface area contributed by atoms with Crippen molar-refractivity contribution in [2.75, 3.05) is 6.61 Å². The molecule has 0 radical (unpaired) electrons. The van der Waals surface area contributed by atoms with Gasteiger partial charge in [0.2, 0.25) is 0 Å². The van der Waals surface area contributed by atoms with Crippen molar-refractivity contribution in [3.8, 4) is 6.07 Å². The average molecular weight is 470 g/mol. The first-order valence-corrected chi connectivity index (χ1v) is 12.1. The van der Waals surface area contributed by atoms with Crippen molar-refractivity contribution < 1.29 is 9.53 Å².